The highest BCUT2D eigenvalue weighted by molar-refractivity contribution is 6.36. The molecule has 1 heterocycles. The summed E-state index contributed by atoms with van der Waals surface area (Å²) in [6, 6.07) is 10.2. The van der Waals surface area contributed by atoms with Crippen molar-refractivity contribution in [2.45, 2.75) is 13.3 Å². The number of cyclic esters (lactones) is 1. The summed E-state index contributed by atoms with van der Waals surface area (Å²) in [6.45, 7) is 2.62. The highest BCUT2D eigenvalue weighted by Crippen LogP contribution is 2.30. The lowest BCUT2D eigenvalue weighted by molar-refractivity contribution is -0.129. The van der Waals surface area contributed by atoms with Crippen LogP contribution in [0.2, 0.25) is 10.0 Å². The van der Waals surface area contributed by atoms with Crippen molar-refractivity contribution in [3.63, 3.8) is 0 Å². The van der Waals surface area contributed by atoms with E-state index in [2.05, 4.69) is 4.99 Å². The number of esters is 1. The molecule has 0 fully saturated rings. The molecule has 140 valence electrons. The van der Waals surface area contributed by atoms with Gasteiger partial charge in [0.15, 0.2) is 17.2 Å². The first-order valence-corrected chi connectivity index (χ1v) is 9.06. The smallest absolute Gasteiger partial charge is 0.363 e. The summed E-state index contributed by atoms with van der Waals surface area (Å²) in [5.41, 5.74) is 1.34. The van der Waals surface area contributed by atoms with Crippen LogP contribution in [0.5, 0.6) is 11.5 Å². The minimum absolute atomic E-state index is 0.119. The van der Waals surface area contributed by atoms with E-state index in [1.54, 1.807) is 43.5 Å². The molecule has 0 radical (unpaired) electrons. The Morgan fingerprint density at radius 2 is 1.96 bits per heavy atom. The Balaban J connectivity index is 1.91. The third-order valence-electron chi connectivity index (χ3n) is 3.73. The number of aliphatic imine (C=N–C) groups is 1. The number of rotatable bonds is 6. The summed E-state index contributed by atoms with van der Waals surface area (Å²) >= 11 is 12.1. The van der Waals surface area contributed by atoms with Crippen molar-refractivity contribution in [3.05, 3.63) is 63.3 Å². The molecular weight excluding hydrogens is 389 g/mol. The maximum absolute atomic E-state index is 12.2. The van der Waals surface area contributed by atoms with Crippen molar-refractivity contribution in [3.8, 4) is 11.5 Å². The number of nitrogens with zero attached hydrogens (tertiary/aromatic N) is 1. The van der Waals surface area contributed by atoms with Crippen LogP contribution in [-0.4, -0.2) is 25.6 Å². The fourth-order valence-electron chi connectivity index (χ4n) is 2.45. The van der Waals surface area contributed by atoms with Crippen LogP contribution in [0, 0.1) is 0 Å². The van der Waals surface area contributed by atoms with Crippen LogP contribution in [-0.2, 0) is 9.53 Å². The van der Waals surface area contributed by atoms with Gasteiger partial charge in [-0.1, -0.05) is 36.2 Å². The Morgan fingerprint density at radius 1 is 1.15 bits per heavy atom. The van der Waals surface area contributed by atoms with Gasteiger partial charge in [0.25, 0.3) is 0 Å². The van der Waals surface area contributed by atoms with Crippen LogP contribution in [0.4, 0.5) is 0 Å². The van der Waals surface area contributed by atoms with E-state index in [4.69, 9.17) is 37.4 Å². The Hall–Kier alpha value is -2.50. The molecule has 1 aliphatic rings. The lowest BCUT2D eigenvalue weighted by Gasteiger charge is -2.10. The van der Waals surface area contributed by atoms with Crippen LogP contribution >= 0.6 is 23.2 Å². The monoisotopic (exact) mass is 405 g/mol. The standard InChI is InChI=1S/C20H17Cl2NO4/c1-3-8-26-17-7-4-12(10-18(17)25-2)9-16-20(24)27-19(23-16)14-11-13(21)5-6-15(14)22/h4-7,9-11H,3,8H2,1-2H3. The van der Waals surface area contributed by atoms with Gasteiger partial charge in [-0.3, -0.25) is 0 Å². The van der Waals surface area contributed by atoms with Crippen molar-refractivity contribution in [1.82, 2.24) is 0 Å². The minimum Gasteiger partial charge on any atom is -0.493 e. The van der Waals surface area contributed by atoms with Gasteiger partial charge in [0.1, 0.15) is 0 Å². The molecule has 0 N–H and O–H groups in total. The first kappa shape index (κ1) is 19.3. The van der Waals surface area contributed by atoms with Crippen LogP contribution in [0.1, 0.15) is 24.5 Å². The molecule has 3 rings (SSSR count). The van der Waals surface area contributed by atoms with Crippen molar-refractivity contribution >= 4 is 41.1 Å². The number of ether oxygens (including phenoxy) is 3. The van der Waals surface area contributed by atoms with E-state index in [1.807, 2.05) is 13.0 Å². The van der Waals surface area contributed by atoms with E-state index in [0.717, 1.165) is 12.0 Å². The van der Waals surface area contributed by atoms with Gasteiger partial charge in [-0.05, 0) is 48.4 Å². The number of halogens is 2. The second-order valence-corrected chi connectivity index (χ2v) is 6.56. The third-order valence-corrected chi connectivity index (χ3v) is 4.30. The summed E-state index contributed by atoms with van der Waals surface area (Å²) in [4.78, 5) is 16.4. The Bertz CT molecular complexity index is 938. The Kier molecular flexibility index (Phi) is 6.04. The zero-order chi connectivity index (χ0) is 19.4. The van der Waals surface area contributed by atoms with E-state index in [0.29, 0.717) is 33.7 Å². The van der Waals surface area contributed by atoms with Gasteiger partial charge >= 0.3 is 5.97 Å². The number of carbonyl (C=O) groups is 1. The molecular formula is C20H17Cl2NO4. The lowest BCUT2D eigenvalue weighted by Crippen LogP contribution is -2.06. The van der Waals surface area contributed by atoms with Gasteiger partial charge in [0, 0.05) is 5.02 Å². The number of benzene rings is 2. The van der Waals surface area contributed by atoms with Crippen LogP contribution in [0.3, 0.4) is 0 Å². The molecule has 5 nitrogen and oxygen atoms in total. The molecule has 27 heavy (non-hydrogen) atoms. The van der Waals surface area contributed by atoms with Crippen molar-refractivity contribution in [2.24, 2.45) is 4.99 Å². The first-order valence-electron chi connectivity index (χ1n) is 8.30. The quantitative estimate of drug-likeness (QED) is 0.493. The highest BCUT2D eigenvalue weighted by Gasteiger charge is 2.26. The van der Waals surface area contributed by atoms with E-state index >= 15 is 0 Å². The second kappa shape index (κ2) is 8.46. The molecule has 0 spiro atoms. The normalized spacial score (nSPS) is 14.9. The maximum atomic E-state index is 12.2. The van der Waals surface area contributed by atoms with Crippen LogP contribution in [0.25, 0.3) is 6.08 Å². The average Bonchev–Trinajstić information content (AvgIpc) is 3.02. The van der Waals surface area contributed by atoms with E-state index in [1.165, 1.54) is 0 Å². The first-order chi connectivity index (χ1) is 13.0. The zero-order valence-electron chi connectivity index (χ0n) is 14.8. The van der Waals surface area contributed by atoms with Crippen LogP contribution in [0.15, 0.2) is 47.1 Å². The Labute approximate surface area is 167 Å². The molecule has 0 unspecified atom stereocenters. The molecule has 7 heteroatoms. The summed E-state index contributed by atoms with van der Waals surface area (Å²) in [5, 5.41) is 0.865. The molecule has 1 aliphatic heterocycles. The summed E-state index contributed by atoms with van der Waals surface area (Å²) in [7, 11) is 1.56. The topological polar surface area (TPSA) is 57.1 Å². The van der Waals surface area contributed by atoms with E-state index in [-0.39, 0.29) is 11.6 Å². The summed E-state index contributed by atoms with van der Waals surface area (Å²) in [5.74, 6) is 0.775. The fraction of sp³-hybridized carbons (Fsp3) is 0.200. The minimum atomic E-state index is -0.564. The lowest BCUT2D eigenvalue weighted by atomic mass is 10.1. The van der Waals surface area contributed by atoms with Gasteiger partial charge in [-0.15, -0.1) is 0 Å². The van der Waals surface area contributed by atoms with Gasteiger partial charge in [-0.2, -0.15) is 0 Å². The van der Waals surface area contributed by atoms with Crippen molar-refractivity contribution in [2.75, 3.05) is 13.7 Å². The number of methoxy groups -OCH3 is 1. The molecule has 2 aromatic carbocycles. The van der Waals surface area contributed by atoms with Crippen molar-refractivity contribution < 1.29 is 19.0 Å². The van der Waals surface area contributed by atoms with Crippen molar-refractivity contribution in [1.29, 1.82) is 0 Å². The van der Waals surface area contributed by atoms with Gasteiger partial charge in [0.05, 0.1) is 24.3 Å². The molecule has 0 amide bonds. The summed E-state index contributed by atoms with van der Waals surface area (Å²) in [6.07, 6.45) is 2.50. The zero-order valence-corrected chi connectivity index (χ0v) is 16.3. The molecule has 0 atom stereocenters. The predicted molar refractivity (Wildman–Crippen MR) is 106 cm³/mol. The predicted octanol–water partition coefficient (Wildman–Crippen LogP) is 5.14. The molecule has 0 aromatic heterocycles. The SMILES string of the molecule is CCCOc1ccc(C=C2N=C(c3cc(Cl)ccc3Cl)OC2=O)cc1OC. The molecule has 0 aliphatic carbocycles. The fourth-order valence-corrected chi connectivity index (χ4v) is 2.82. The molecule has 2 aromatic rings. The van der Waals surface area contributed by atoms with Gasteiger partial charge in [0.2, 0.25) is 5.90 Å². The van der Waals surface area contributed by atoms with Crippen LogP contribution < -0.4 is 9.47 Å². The number of hydrogen-bond donors (Lipinski definition) is 0. The second-order valence-electron chi connectivity index (χ2n) is 5.72. The number of carbonyl (C=O) groups excluding carboxylic acids is 1. The van der Waals surface area contributed by atoms with E-state index < -0.39 is 5.97 Å². The molecule has 0 bridgehead atoms. The van der Waals surface area contributed by atoms with Gasteiger partial charge < -0.3 is 14.2 Å². The third kappa shape index (κ3) is 4.43. The maximum Gasteiger partial charge on any atom is 0.363 e. The Morgan fingerprint density at radius 3 is 2.70 bits per heavy atom. The summed E-state index contributed by atoms with van der Waals surface area (Å²) < 4.78 is 16.2. The highest BCUT2D eigenvalue weighted by atomic mass is 35.5. The molecule has 0 saturated heterocycles. The largest absolute Gasteiger partial charge is 0.493 e. The average molecular weight is 406 g/mol. The van der Waals surface area contributed by atoms with Gasteiger partial charge in [-0.25, -0.2) is 9.79 Å². The number of hydrogen-bond acceptors (Lipinski definition) is 5. The molecule has 0 saturated carbocycles. The van der Waals surface area contributed by atoms with E-state index in [9.17, 15) is 4.79 Å².